The van der Waals surface area contributed by atoms with E-state index >= 15 is 0 Å². The number of alkyl halides is 3. The van der Waals surface area contributed by atoms with Crippen LogP contribution < -0.4 is 5.32 Å². The van der Waals surface area contributed by atoms with Gasteiger partial charge in [0.25, 0.3) is 0 Å². The molecule has 0 aromatic heterocycles. The number of hydrogen-bond acceptors (Lipinski definition) is 3. The molecule has 0 bridgehead atoms. The Bertz CT molecular complexity index is 653. The molecule has 0 aliphatic heterocycles. The number of nitriles is 1. The van der Waals surface area contributed by atoms with Crippen LogP contribution in [0.3, 0.4) is 0 Å². The molecule has 0 heterocycles. The van der Waals surface area contributed by atoms with Crippen LogP contribution in [-0.4, -0.2) is 41.4 Å². The summed E-state index contributed by atoms with van der Waals surface area (Å²) in [6.45, 7) is -0.421. The Morgan fingerprint density at radius 2 is 2.12 bits per heavy atom. The first-order valence-electron chi connectivity index (χ1n) is 7.23. The number of amides is 1. The first-order valence-corrected chi connectivity index (χ1v) is 7.23. The van der Waals surface area contributed by atoms with Crippen LogP contribution >= 0.6 is 0 Å². The molecule has 130 valence electrons. The lowest BCUT2D eigenvalue weighted by molar-refractivity contribution is -0.188. The van der Waals surface area contributed by atoms with Gasteiger partial charge in [0.05, 0.1) is 5.56 Å². The van der Waals surface area contributed by atoms with Gasteiger partial charge in [0.15, 0.2) is 0 Å². The molecule has 1 aromatic carbocycles. The van der Waals surface area contributed by atoms with Crippen molar-refractivity contribution in [3.8, 4) is 6.07 Å². The van der Waals surface area contributed by atoms with Gasteiger partial charge in [0.1, 0.15) is 17.9 Å². The highest BCUT2D eigenvalue weighted by Gasteiger charge is 2.50. The molecule has 1 atom stereocenters. The molecule has 1 aliphatic rings. The molecule has 0 radical (unpaired) electrons. The maximum Gasteiger partial charge on any atom is 0.408 e. The zero-order valence-corrected chi connectivity index (χ0v) is 12.5. The van der Waals surface area contributed by atoms with Gasteiger partial charge in [0.2, 0.25) is 0 Å². The fraction of sp³-hybridized carbons (Fsp3) is 0.467. The topological polar surface area (TPSA) is 76.4 Å². The van der Waals surface area contributed by atoms with E-state index in [9.17, 15) is 22.4 Å². The van der Waals surface area contributed by atoms with Crippen LogP contribution in [0, 0.1) is 17.1 Å². The molecular formula is C15H15F4N3O2. The molecule has 9 heteroatoms. The Labute approximate surface area is 135 Å². The number of carboxylic acid groups (broad SMARTS) is 1. The second kappa shape index (κ2) is 7.05. The van der Waals surface area contributed by atoms with Crippen molar-refractivity contribution < 1.29 is 27.5 Å². The minimum Gasteiger partial charge on any atom is -0.465 e. The fourth-order valence-corrected chi connectivity index (χ4v) is 2.61. The Hall–Kier alpha value is -2.34. The van der Waals surface area contributed by atoms with Crippen LogP contribution in [0.4, 0.5) is 22.4 Å². The van der Waals surface area contributed by atoms with Gasteiger partial charge >= 0.3 is 12.3 Å². The van der Waals surface area contributed by atoms with E-state index in [0.29, 0.717) is 12.8 Å². The Morgan fingerprint density at radius 3 is 2.62 bits per heavy atom. The number of benzene rings is 1. The monoisotopic (exact) mass is 345 g/mol. The third-order valence-electron chi connectivity index (χ3n) is 3.75. The van der Waals surface area contributed by atoms with Crippen molar-refractivity contribution in [2.24, 2.45) is 0 Å². The van der Waals surface area contributed by atoms with Gasteiger partial charge in [-0.2, -0.15) is 18.4 Å². The molecule has 0 saturated heterocycles. The SMILES string of the molecule is N#Cc1cccc(C(N(CCNC(=O)O)C2CC2)C(F)(F)F)c1F. The van der Waals surface area contributed by atoms with Gasteiger partial charge in [-0.1, -0.05) is 12.1 Å². The molecular weight excluding hydrogens is 330 g/mol. The van der Waals surface area contributed by atoms with Crippen LogP contribution in [0.25, 0.3) is 0 Å². The molecule has 1 saturated carbocycles. The second-order valence-corrected chi connectivity index (χ2v) is 5.47. The molecule has 5 nitrogen and oxygen atoms in total. The summed E-state index contributed by atoms with van der Waals surface area (Å²) in [4.78, 5) is 11.5. The number of hydrogen-bond donors (Lipinski definition) is 2. The first-order chi connectivity index (χ1) is 11.3. The molecule has 24 heavy (non-hydrogen) atoms. The maximum absolute atomic E-state index is 14.3. The summed E-state index contributed by atoms with van der Waals surface area (Å²) >= 11 is 0. The van der Waals surface area contributed by atoms with Crippen molar-refractivity contribution in [3.05, 3.63) is 35.1 Å². The van der Waals surface area contributed by atoms with Crippen LogP contribution in [0.1, 0.15) is 30.0 Å². The summed E-state index contributed by atoms with van der Waals surface area (Å²) < 4.78 is 55.1. The lowest BCUT2D eigenvalue weighted by Crippen LogP contribution is -2.44. The third-order valence-corrected chi connectivity index (χ3v) is 3.75. The molecule has 1 aliphatic carbocycles. The van der Waals surface area contributed by atoms with Crippen LogP contribution in [0.2, 0.25) is 0 Å². The predicted octanol–water partition coefficient (Wildman–Crippen LogP) is 3.03. The van der Waals surface area contributed by atoms with Crippen molar-refractivity contribution >= 4 is 6.09 Å². The molecule has 0 spiro atoms. The summed E-state index contributed by atoms with van der Waals surface area (Å²) in [6, 6.07) is 2.24. The Morgan fingerprint density at radius 1 is 1.46 bits per heavy atom. The molecule has 1 unspecified atom stereocenters. The van der Waals surface area contributed by atoms with Crippen molar-refractivity contribution in [2.75, 3.05) is 13.1 Å². The van der Waals surface area contributed by atoms with E-state index in [2.05, 4.69) is 0 Å². The van der Waals surface area contributed by atoms with Gasteiger partial charge in [-0.05, 0) is 18.9 Å². The molecule has 1 fully saturated rings. The van der Waals surface area contributed by atoms with E-state index in [4.69, 9.17) is 10.4 Å². The largest absolute Gasteiger partial charge is 0.465 e. The van der Waals surface area contributed by atoms with E-state index in [1.54, 1.807) is 0 Å². The molecule has 2 rings (SSSR count). The quantitative estimate of drug-likeness (QED) is 0.777. The maximum atomic E-state index is 14.3. The standard InChI is InChI=1S/C15H15F4N3O2/c16-12-9(8-20)2-1-3-11(12)13(15(17,18)19)22(10-4-5-10)7-6-21-14(23)24/h1-3,10,13,21H,4-7H2,(H,23,24). The van der Waals surface area contributed by atoms with Gasteiger partial charge < -0.3 is 10.4 Å². The van der Waals surface area contributed by atoms with Crippen molar-refractivity contribution in [1.82, 2.24) is 10.2 Å². The second-order valence-electron chi connectivity index (χ2n) is 5.47. The van der Waals surface area contributed by atoms with Crippen LogP contribution in [0.5, 0.6) is 0 Å². The number of halogens is 4. The van der Waals surface area contributed by atoms with Crippen LogP contribution in [-0.2, 0) is 0 Å². The van der Waals surface area contributed by atoms with Gasteiger partial charge in [-0.3, -0.25) is 4.90 Å². The fourth-order valence-electron chi connectivity index (χ4n) is 2.61. The summed E-state index contributed by atoms with van der Waals surface area (Å²) in [6.07, 6.45) is -5.05. The number of carbonyl (C=O) groups is 1. The number of nitrogens with zero attached hydrogens (tertiary/aromatic N) is 2. The van der Waals surface area contributed by atoms with E-state index in [1.807, 2.05) is 5.32 Å². The minimum atomic E-state index is -4.76. The smallest absolute Gasteiger partial charge is 0.408 e. The van der Waals surface area contributed by atoms with Crippen molar-refractivity contribution in [3.63, 3.8) is 0 Å². The van der Waals surface area contributed by atoms with Gasteiger partial charge in [0, 0.05) is 24.7 Å². The molecule has 1 aromatic rings. The van der Waals surface area contributed by atoms with E-state index in [0.717, 1.165) is 17.0 Å². The first kappa shape index (κ1) is 18.0. The number of rotatable bonds is 6. The van der Waals surface area contributed by atoms with Gasteiger partial charge in [-0.25, -0.2) is 9.18 Å². The summed E-state index contributed by atoms with van der Waals surface area (Å²) in [5.41, 5.74) is -1.08. The summed E-state index contributed by atoms with van der Waals surface area (Å²) in [7, 11) is 0. The van der Waals surface area contributed by atoms with Crippen LogP contribution in [0.15, 0.2) is 18.2 Å². The third kappa shape index (κ3) is 4.14. The highest BCUT2D eigenvalue weighted by Crippen LogP contribution is 2.44. The molecule has 2 N–H and O–H groups in total. The Kier molecular flexibility index (Phi) is 5.29. The predicted molar refractivity (Wildman–Crippen MR) is 75.7 cm³/mol. The van der Waals surface area contributed by atoms with E-state index in [-0.39, 0.29) is 13.1 Å². The van der Waals surface area contributed by atoms with Gasteiger partial charge in [-0.15, -0.1) is 0 Å². The molecule has 1 amide bonds. The normalized spacial score (nSPS) is 15.8. The summed E-state index contributed by atoms with van der Waals surface area (Å²) in [5, 5.41) is 19.4. The lowest BCUT2D eigenvalue weighted by Gasteiger charge is -2.33. The number of nitrogens with one attached hydrogen (secondary N) is 1. The van der Waals surface area contributed by atoms with E-state index < -0.39 is 41.3 Å². The highest BCUT2D eigenvalue weighted by molar-refractivity contribution is 5.64. The Balaban J connectivity index is 2.36. The van der Waals surface area contributed by atoms with E-state index in [1.165, 1.54) is 12.1 Å². The minimum absolute atomic E-state index is 0.210. The average Bonchev–Trinajstić information content (AvgIpc) is 3.30. The summed E-state index contributed by atoms with van der Waals surface area (Å²) in [5.74, 6) is -1.20. The zero-order valence-electron chi connectivity index (χ0n) is 12.5. The van der Waals surface area contributed by atoms with Crippen molar-refractivity contribution in [1.29, 1.82) is 5.26 Å². The lowest BCUT2D eigenvalue weighted by atomic mass is 10.0. The average molecular weight is 345 g/mol. The zero-order chi connectivity index (χ0) is 17.9. The highest BCUT2D eigenvalue weighted by atomic mass is 19.4. The van der Waals surface area contributed by atoms with Crippen molar-refractivity contribution in [2.45, 2.75) is 31.1 Å².